The summed E-state index contributed by atoms with van der Waals surface area (Å²) in [5.41, 5.74) is 3.21. The van der Waals surface area contributed by atoms with E-state index in [2.05, 4.69) is 21.5 Å². The minimum atomic E-state index is 0.0574. The largest absolute Gasteiger partial charge is 0.367 e. The molecular weight excluding hydrogens is 352 g/mol. The predicted molar refractivity (Wildman–Crippen MR) is 106 cm³/mol. The summed E-state index contributed by atoms with van der Waals surface area (Å²) in [7, 11) is 0. The van der Waals surface area contributed by atoms with Gasteiger partial charge in [-0.2, -0.15) is 0 Å². The van der Waals surface area contributed by atoms with Crippen LogP contribution in [-0.2, 0) is 22.7 Å². The molecule has 144 valence electrons. The third-order valence-electron chi connectivity index (χ3n) is 5.06. The van der Waals surface area contributed by atoms with Crippen molar-refractivity contribution in [3.8, 4) is 11.4 Å². The molecule has 1 aromatic carbocycles. The molecule has 0 unspecified atom stereocenters. The second-order valence-corrected chi connectivity index (χ2v) is 7.22. The van der Waals surface area contributed by atoms with E-state index >= 15 is 0 Å². The lowest BCUT2D eigenvalue weighted by Gasteiger charge is -2.39. The fourth-order valence-electron chi connectivity index (χ4n) is 3.49. The van der Waals surface area contributed by atoms with E-state index in [9.17, 15) is 4.79 Å². The number of carbonyl (C=O) groups is 1. The second kappa shape index (κ2) is 8.35. The Morgan fingerprint density at radius 1 is 1.14 bits per heavy atom. The first kappa shape index (κ1) is 18.4. The maximum absolute atomic E-state index is 12.3. The van der Waals surface area contributed by atoms with Crippen LogP contribution in [0.4, 0.5) is 0 Å². The molecule has 0 spiro atoms. The van der Waals surface area contributed by atoms with Gasteiger partial charge in [0.1, 0.15) is 12.4 Å². The van der Waals surface area contributed by atoms with E-state index in [0.717, 1.165) is 42.3 Å². The van der Waals surface area contributed by atoms with Crippen LogP contribution in [0.5, 0.6) is 0 Å². The van der Waals surface area contributed by atoms with E-state index in [1.807, 2.05) is 59.8 Å². The number of amides is 1. The molecule has 1 fully saturated rings. The van der Waals surface area contributed by atoms with Gasteiger partial charge in [0.2, 0.25) is 5.91 Å². The highest BCUT2D eigenvalue weighted by molar-refractivity contribution is 5.78. The first-order chi connectivity index (χ1) is 13.7. The van der Waals surface area contributed by atoms with Gasteiger partial charge in [-0.1, -0.05) is 30.3 Å². The molecule has 0 saturated carbocycles. The topological polar surface area (TPSA) is 60.2 Å². The van der Waals surface area contributed by atoms with Crippen molar-refractivity contribution in [1.29, 1.82) is 0 Å². The molecule has 28 heavy (non-hydrogen) atoms. The van der Waals surface area contributed by atoms with E-state index in [0.29, 0.717) is 12.5 Å². The number of pyridine rings is 1. The summed E-state index contributed by atoms with van der Waals surface area (Å²) in [6, 6.07) is 13.8. The van der Waals surface area contributed by atoms with Crippen molar-refractivity contribution in [3.05, 3.63) is 72.3 Å². The van der Waals surface area contributed by atoms with Gasteiger partial charge in [-0.15, -0.1) is 0 Å². The van der Waals surface area contributed by atoms with Gasteiger partial charge in [-0.3, -0.25) is 9.78 Å². The first-order valence-corrected chi connectivity index (χ1v) is 9.52. The van der Waals surface area contributed by atoms with Crippen molar-refractivity contribution in [2.75, 3.05) is 19.7 Å². The Hall–Kier alpha value is -2.99. The normalized spacial score (nSPS) is 14.1. The fourth-order valence-corrected chi connectivity index (χ4v) is 3.49. The Balaban J connectivity index is 1.27. The molecule has 1 amide bonds. The van der Waals surface area contributed by atoms with Crippen LogP contribution in [0.3, 0.4) is 0 Å². The highest BCUT2D eigenvalue weighted by Crippen LogP contribution is 2.24. The summed E-state index contributed by atoms with van der Waals surface area (Å²) < 4.78 is 7.78. The summed E-state index contributed by atoms with van der Waals surface area (Å²) in [5, 5.41) is 0. The summed E-state index contributed by atoms with van der Waals surface area (Å²) >= 11 is 0. The number of nitrogens with zero attached hydrogens (tertiary/aromatic N) is 4. The highest BCUT2D eigenvalue weighted by Gasteiger charge is 2.31. The predicted octanol–water partition coefficient (Wildman–Crippen LogP) is 2.93. The third-order valence-corrected chi connectivity index (χ3v) is 5.06. The van der Waals surface area contributed by atoms with Gasteiger partial charge in [-0.05, 0) is 24.6 Å². The molecule has 1 aliphatic rings. The van der Waals surface area contributed by atoms with E-state index in [-0.39, 0.29) is 12.5 Å². The van der Waals surface area contributed by atoms with Crippen LogP contribution in [-0.4, -0.2) is 45.0 Å². The van der Waals surface area contributed by atoms with Gasteiger partial charge in [-0.25, -0.2) is 4.98 Å². The number of imidazole rings is 1. The number of benzene rings is 1. The van der Waals surface area contributed by atoms with Gasteiger partial charge in [0.05, 0.1) is 6.61 Å². The van der Waals surface area contributed by atoms with Crippen molar-refractivity contribution >= 4 is 5.91 Å². The van der Waals surface area contributed by atoms with Crippen molar-refractivity contribution in [3.63, 3.8) is 0 Å². The van der Waals surface area contributed by atoms with Crippen molar-refractivity contribution in [1.82, 2.24) is 19.4 Å². The van der Waals surface area contributed by atoms with Crippen molar-refractivity contribution in [2.24, 2.45) is 5.92 Å². The molecule has 2 aromatic heterocycles. The lowest BCUT2D eigenvalue weighted by Crippen LogP contribution is -2.52. The maximum Gasteiger partial charge on any atom is 0.248 e. The Kier molecular flexibility index (Phi) is 5.48. The summed E-state index contributed by atoms with van der Waals surface area (Å²) in [6.07, 6.45) is 5.49. The summed E-state index contributed by atoms with van der Waals surface area (Å²) in [5.74, 6) is 1.42. The van der Waals surface area contributed by atoms with Gasteiger partial charge in [0, 0.05) is 55.4 Å². The van der Waals surface area contributed by atoms with Crippen LogP contribution in [0, 0.1) is 12.8 Å². The molecule has 0 radical (unpaired) electrons. The number of aromatic nitrogens is 3. The van der Waals surface area contributed by atoms with Crippen molar-refractivity contribution < 1.29 is 9.53 Å². The smallest absolute Gasteiger partial charge is 0.248 e. The number of carbonyl (C=O) groups excluding carboxylic acids is 1. The quantitative estimate of drug-likeness (QED) is 0.636. The molecule has 3 heterocycles. The van der Waals surface area contributed by atoms with Crippen LogP contribution in [0.15, 0.2) is 61.1 Å². The lowest BCUT2D eigenvalue weighted by atomic mass is 9.99. The molecule has 0 atom stereocenters. The van der Waals surface area contributed by atoms with Gasteiger partial charge < -0.3 is 14.2 Å². The molecule has 6 heteroatoms. The number of hydrogen-bond donors (Lipinski definition) is 0. The SMILES string of the molecule is Cc1cnc(-c2cccnc2)n1CC1CN(C(=O)COCc2ccccc2)C1. The zero-order valence-corrected chi connectivity index (χ0v) is 16.0. The fraction of sp³-hybridized carbons (Fsp3) is 0.318. The third kappa shape index (κ3) is 4.12. The first-order valence-electron chi connectivity index (χ1n) is 9.52. The number of likely N-dealkylation sites (tertiary alicyclic amines) is 1. The monoisotopic (exact) mass is 376 g/mol. The second-order valence-electron chi connectivity index (χ2n) is 7.22. The van der Waals surface area contributed by atoms with E-state index in [1.54, 1.807) is 6.20 Å². The van der Waals surface area contributed by atoms with Crippen LogP contribution < -0.4 is 0 Å². The number of rotatable bonds is 7. The average Bonchev–Trinajstić information content (AvgIpc) is 3.06. The van der Waals surface area contributed by atoms with E-state index in [1.165, 1.54) is 0 Å². The number of hydrogen-bond acceptors (Lipinski definition) is 4. The number of aryl methyl sites for hydroxylation is 1. The number of ether oxygens (including phenoxy) is 1. The Morgan fingerprint density at radius 2 is 1.96 bits per heavy atom. The lowest BCUT2D eigenvalue weighted by molar-refractivity contribution is -0.143. The summed E-state index contributed by atoms with van der Waals surface area (Å²) in [4.78, 5) is 22.9. The average molecular weight is 376 g/mol. The molecule has 3 aromatic rings. The molecular formula is C22H24N4O2. The Labute approximate surface area is 164 Å². The van der Waals surface area contributed by atoms with Crippen LogP contribution in [0.25, 0.3) is 11.4 Å². The molecule has 1 aliphatic heterocycles. The highest BCUT2D eigenvalue weighted by atomic mass is 16.5. The minimum absolute atomic E-state index is 0.0574. The molecule has 6 nitrogen and oxygen atoms in total. The van der Waals surface area contributed by atoms with Crippen LogP contribution in [0.1, 0.15) is 11.3 Å². The molecule has 4 rings (SSSR count). The van der Waals surface area contributed by atoms with Gasteiger partial charge in [0.25, 0.3) is 0 Å². The van der Waals surface area contributed by atoms with E-state index in [4.69, 9.17) is 4.74 Å². The van der Waals surface area contributed by atoms with Crippen molar-refractivity contribution in [2.45, 2.75) is 20.1 Å². The van der Waals surface area contributed by atoms with Gasteiger partial charge >= 0.3 is 0 Å². The zero-order valence-electron chi connectivity index (χ0n) is 16.0. The molecule has 0 aliphatic carbocycles. The minimum Gasteiger partial charge on any atom is -0.367 e. The Morgan fingerprint density at radius 3 is 2.71 bits per heavy atom. The van der Waals surface area contributed by atoms with Crippen LogP contribution in [0.2, 0.25) is 0 Å². The molecule has 0 bridgehead atoms. The van der Waals surface area contributed by atoms with E-state index < -0.39 is 0 Å². The zero-order chi connectivity index (χ0) is 19.3. The molecule has 0 N–H and O–H groups in total. The summed E-state index contributed by atoms with van der Waals surface area (Å²) in [6.45, 7) is 5.03. The Bertz CT molecular complexity index is 918. The van der Waals surface area contributed by atoms with Crippen LogP contribution >= 0.6 is 0 Å². The standard InChI is InChI=1S/C22H24N4O2/c1-17-10-24-22(20-8-5-9-23-11-20)26(17)14-19-12-25(13-19)21(27)16-28-15-18-6-3-2-4-7-18/h2-11,19H,12-16H2,1H3. The molecule has 1 saturated heterocycles. The van der Waals surface area contributed by atoms with Gasteiger partial charge in [0.15, 0.2) is 0 Å². The maximum atomic E-state index is 12.3.